The minimum Gasteiger partial charge on any atom is -0.466 e. The van der Waals surface area contributed by atoms with Crippen molar-refractivity contribution in [2.45, 2.75) is 56.5 Å². The van der Waals surface area contributed by atoms with E-state index >= 15 is 0 Å². The summed E-state index contributed by atoms with van der Waals surface area (Å²) in [5.74, 6) is -1.08. The number of nitrogens with one attached hydrogen (secondary N) is 1. The minimum absolute atomic E-state index is 0.0171. The molecule has 204 valence electrons. The Kier molecular flexibility index (Phi) is 7.04. The number of hydrogen-bond donors (Lipinski definition) is 1. The molecule has 6 rings (SSSR count). The zero-order chi connectivity index (χ0) is 27.0. The minimum atomic E-state index is -1.53. The smallest absolute Gasteiger partial charge is 0.353 e. The van der Waals surface area contributed by atoms with Crippen LogP contribution in [0.15, 0.2) is 67.3 Å². The van der Waals surface area contributed by atoms with Crippen molar-refractivity contribution in [3.63, 3.8) is 0 Å². The van der Waals surface area contributed by atoms with Crippen molar-refractivity contribution in [2.75, 3.05) is 20.2 Å². The molecule has 1 saturated heterocycles. The summed E-state index contributed by atoms with van der Waals surface area (Å²) in [5, 5.41) is 1.26. The molecule has 7 heteroatoms. The lowest BCUT2D eigenvalue weighted by Gasteiger charge is -2.55. The second kappa shape index (κ2) is 10.6. The Labute approximate surface area is 229 Å². The highest BCUT2D eigenvalue weighted by Gasteiger charge is 2.63. The third kappa shape index (κ3) is 4.47. The molecule has 3 aliphatic rings. The van der Waals surface area contributed by atoms with Crippen molar-refractivity contribution >= 4 is 22.8 Å². The van der Waals surface area contributed by atoms with E-state index < -0.39 is 23.6 Å². The molecule has 1 aromatic heterocycles. The van der Waals surface area contributed by atoms with Crippen LogP contribution in [0, 0.1) is 11.8 Å². The summed E-state index contributed by atoms with van der Waals surface area (Å²) in [6, 6.07) is 18.4. The van der Waals surface area contributed by atoms with Gasteiger partial charge in [-0.05, 0) is 48.8 Å². The molecule has 1 aliphatic carbocycles. The summed E-state index contributed by atoms with van der Waals surface area (Å²) in [6.07, 6.45) is 4.08. The Bertz CT molecular complexity index is 1370. The molecule has 0 spiro atoms. The number of carbonyl (C=O) groups is 2. The number of benzene rings is 2. The highest BCUT2D eigenvalue weighted by Crippen LogP contribution is 2.53. The number of hydrogen-bond acceptors (Lipinski definition) is 6. The van der Waals surface area contributed by atoms with Gasteiger partial charge in [0.25, 0.3) is 0 Å². The van der Waals surface area contributed by atoms with Gasteiger partial charge in [-0.25, -0.2) is 4.79 Å². The lowest BCUT2D eigenvalue weighted by Crippen LogP contribution is -2.66. The zero-order valence-electron chi connectivity index (χ0n) is 22.4. The molecule has 2 aromatic carbocycles. The Hall–Kier alpha value is -3.42. The van der Waals surface area contributed by atoms with Crippen LogP contribution in [-0.2, 0) is 36.8 Å². The predicted octanol–water partition coefficient (Wildman–Crippen LogP) is 5.11. The lowest BCUT2D eigenvalue weighted by molar-refractivity contribution is -0.233. The van der Waals surface area contributed by atoms with Crippen molar-refractivity contribution < 1.29 is 23.8 Å². The Balaban J connectivity index is 1.39. The van der Waals surface area contributed by atoms with Crippen molar-refractivity contribution in [2.24, 2.45) is 11.8 Å². The average Bonchev–Trinajstić information content (AvgIpc) is 3.35. The fraction of sp³-hybridized carbons (Fsp3) is 0.438. The summed E-state index contributed by atoms with van der Waals surface area (Å²) >= 11 is 0. The average molecular weight is 529 g/mol. The van der Waals surface area contributed by atoms with E-state index in [4.69, 9.17) is 14.2 Å². The molecule has 0 radical (unpaired) electrons. The molecule has 39 heavy (non-hydrogen) atoms. The van der Waals surface area contributed by atoms with Gasteiger partial charge in [-0.2, -0.15) is 0 Å². The zero-order valence-corrected chi connectivity index (χ0v) is 22.4. The van der Waals surface area contributed by atoms with Crippen LogP contribution >= 0.6 is 0 Å². The van der Waals surface area contributed by atoms with Crippen molar-refractivity contribution in [1.82, 2.24) is 9.88 Å². The van der Waals surface area contributed by atoms with Crippen LogP contribution in [0.3, 0.4) is 0 Å². The van der Waals surface area contributed by atoms with E-state index in [1.807, 2.05) is 30.3 Å². The van der Waals surface area contributed by atoms with Gasteiger partial charge >= 0.3 is 11.9 Å². The van der Waals surface area contributed by atoms with E-state index in [1.165, 1.54) is 29.8 Å². The molecule has 1 saturated carbocycles. The monoisotopic (exact) mass is 528 g/mol. The number of esters is 2. The highest BCUT2D eigenvalue weighted by atomic mass is 16.6. The van der Waals surface area contributed by atoms with E-state index in [0.29, 0.717) is 19.4 Å². The van der Waals surface area contributed by atoms with Gasteiger partial charge in [0, 0.05) is 35.6 Å². The van der Waals surface area contributed by atoms with Crippen molar-refractivity contribution in [1.29, 1.82) is 0 Å². The number of rotatable bonds is 7. The number of para-hydroxylation sites is 1. The number of aromatic nitrogens is 1. The summed E-state index contributed by atoms with van der Waals surface area (Å²) in [4.78, 5) is 33.1. The fourth-order valence-electron chi connectivity index (χ4n) is 7.30. The molecule has 0 amide bonds. The van der Waals surface area contributed by atoms with Gasteiger partial charge in [-0.15, -0.1) is 6.58 Å². The molecule has 0 unspecified atom stereocenters. The first-order chi connectivity index (χ1) is 19.0. The van der Waals surface area contributed by atoms with Crippen LogP contribution < -0.4 is 0 Å². The number of H-pyrrole nitrogens is 1. The Morgan fingerprint density at radius 3 is 2.72 bits per heavy atom. The number of fused-ring (bicyclic) bond motifs is 6. The normalized spacial score (nSPS) is 28.1. The number of ether oxygens (including phenoxy) is 3. The Morgan fingerprint density at radius 1 is 1.13 bits per heavy atom. The van der Waals surface area contributed by atoms with Gasteiger partial charge in [0.1, 0.15) is 6.10 Å². The Morgan fingerprint density at radius 2 is 1.92 bits per heavy atom. The first-order valence-electron chi connectivity index (χ1n) is 13.9. The molecule has 0 bridgehead atoms. The third-order valence-electron chi connectivity index (χ3n) is 9.01. The molecule has 7 nitrogen and oxygen atoms in total. The number of methoxy groups -OCH3 is 1. The highest BCUT2D eigenvalue weighted by molar-refractivity contribution is 5.86. The maximum atomic E-state index is 13.8. The van der Waals surface area contributed by atoms with Gasteiger partial charge in [0.05, 0.1) is 26.2 Å². The van der Waals surface area contributed by atoms with Gasteiger partial charge in [-0.1, -0.05) is 54.6 Å². The summed E-state index contributed by atoms with van der Waals surface area (Å²) in [6.45, 7) is 5.83. The maximum absolute atomic E-state index is 13.8. The summed E-state index contributed by atoms with van der Waals surface area (Å²) in [7, 11) is 1.37. The molecular weight excluding hydrogens is 492 g/mol. The first-order valence-corrected chi connectivity index (χ1v) is 13.9. The van der Waals surface area contributed by atoms with Crippen LogP contribution in [0.4, 0.5) is 0 Å². The molecule has 1 N–H and O–H groups in total. The van der Waals surface area contributed by atoms with Gasteiger partial charge in [0.15, 0.2) is 0 Å². The second-order valence-electron chi connectivity index (χ2n) is 11.0. The predicted molar refractivity (Wildman–Crippen MR) is 148 cm³/mol. The third-order valence-corrected chi connectivity index (χ3v) is 9.01. The van der Waals surface area contributed by atoms with Crippen LogP contribution in [0.1, 0.15) is 48.5 Å². The number of nitrogens with zero attached hydrogens (tertiary/aromatic N) is 1. The largest absolute Gasteiger partial charge is 0.466 e. The van der Waals surface area contributed by atoms with E-state index in [0.717, 1.165) is 37.0 Å². The second-order valence-corrected chi connectivity index (χ2v) is 11.0. The van der Waals surface area contributed by atoms with Gasteiger partial charge in [0.2, 0.25) is 5.60 Å². The van der Waals surface area contributed by atoms with Crippen LogP contribution in [0.5, 0.6) is 0 Å². The summed E-state index contributed by atoms with van der Waals surface area (Å²) < 4.78 is 18.1. The van der Waals surface area contributed by atoms with E-state index in [-0.39, 0.29) is 24.3 Å². The van der Waals surface area contributed by atoms with Crippen molar-refractivity contribution in [3.05, 3.63) is 84.1 Å². The number of aromatic amines is 1. The first kappa shape index (κ1) is 25.8. The van der Waals surface area contributed by atoms with Gasteiger partial charge < -0.3 is 19.2 Å². The maximum Gasteiger partial charge on any atom is 0.353 e. The molecule has 5 atom stereocenters. The molecule has 3 aromatic rings. The van der Waals surface area contributed by atoms with E-state index in [1.54, 1.807) is 0 Å². The quantitative estimate of drug-likeness (QED) is 0.339. The fourth-order valence-corrected chi connectivity index (χ4v) is 7.30. The standard InChI is InChI=1S/C32H36N2O5/c1-3-9-29(35)39-32(31(36)37-2)25-18-27-30-24(23-12-7-8-13-26(23)33-30)16-17-34(27)19-22(25)14-15-28(32)38-20-21-10-5-4-6-11-21/h3-8,10-13,22,25,27-28,33H,1,9,14-20H2,2H3/t22-,25+,27-,28-,32+/m1/s1. The molecular formula is C32H36N2O5. The number of piperidine rings is 1. The van der Waals surface area contributed by atoms with E-state index in [2.05, 4.69) is 40.7 Å². The van der Waals surface area contributed by atoms with E-state index in [9.17, 15) is 9.59 Å². The number of carbonyl (C=O) groups excluding carboxylic acids is 2. The summed E-state index contributed by atoms with van der Waals surface area (Å²) in [5.41, 5.74) is 3.17. The SMILES string of the molecule is C=CCC(=O)O[C@]1(C(=O)OC)[C@H](OCc2ccccc2)CC[C@@H]2CN3CCc4c([nH]c5ccccc45)[C@H]3C[C@@H]21. The molecule has 2 aliphatic heterocycles. The van der Waals surface area contributed by atoms with Crippen LogP contribution in [0.25, 0.3) is 10.9 Å². The topological polar surface area (TPSA) is 80.9 Å². The molecule has 2 fully saturated rings. The lowest BCUT2D eigenvalue weighted by atomic mass is 9.62. The van der Waals surface area contributed by atoms with Crippen molar-refractivity contribution in [3.8, 4) is 0 Å². The van der Waals surface area contributed by atoms with Crippen LogP contribution in [0.2, 0.25) is 0 Å². The molecule has 3 heterocycles. The van der Waals surface area contributed by atoms with Crippen LogP contribution in [-0.4, -0.2) is 53.7 Å². The van der Waals surface area contributed by atoms with Gasteiger partial charge in [-0.3, -0.25) is 9.69 Å².